The molecule has 166 valence electrons. The molecule has 2 saturated heterocycles. The Labute approximate surface area is 184 Å². The van der Waals surface area contributed by atoms with E-state index in [9.17, 15) is 18.8 Å². The molecular weight excluding hydrogens is 413 g/mol. The number of imide groups is 1. The summed E-state index contributed by atoms with van der Waals surface area (Å²) in [5, 5.41) is 6.11. The van der Waals surface area contributed by atoms with E-state index in [1.54, 1.807) is 7.11 Å². The molecule has 32 heavy (non-hydrogen) atoms. The number of likely N-dealkylation sites (tertiary alicyclic amines) is 1. The zero-order valence-corrected chi connectivity index (χ0v) is 17.6. The van der Waals surface area contributed by atoms with Crippen LogP contribution in [0.5, 0.6) is 0 Å². The summed E-state index contributed by atoms with van der Waals surface area (Å²) in [5.74, 6) is -3.27. The molecule has 2 aromatic rings. The summed E-state index contributed by atoms with van der Waals surface area (Å²) < 4.78 is 19.3. The summed E-state index contributed by atoms with van der Waals surface area (Å²) >= 11 is 0. The van der Waals surface area contributed by atoms with E-state index < -0.39 is 41.0 Å². The third kappa shape index (κ3) is 2.97. The lowest BCUT2D eigenvalue weighted by molar-refractivity contribution is -0.143. The third-order valence-corrected chi connectivity index (χ3v) is 6.80. The molecule has 4 unspecified atom stereocenters. The Balaban J connectivity index is 1.59. The van der Waals surface area contributed by atoms with Crippen LogP contribution in [0.4, 0.5) is 10.1 Å². The maximum absolute atomic E-state index is 14.2. The highest BCUT2D eigenvalue weighted by Crippen LogP contribution is 2.53. The van der Waals surface area contributed by atoms with Crippen LogP contribution in [0.1, 0.15) is 17.5 Å². The van der Waals surface area contributed by atoms with Crippen LogP contribution >= 0.6 is 0 Å². The van der Waals surface area contributed by atoms with Crippen LogP contribution in [-0.4, -0.2) is 48.9 Å². The molecule has 7 nitrogen and oxygen atoms in total. The second-order valence-electron chi connectivity index (χ2n) is 8.57. The van der Waals surface area contributed by atoms with E-state index in [1.807, 2.05) is 30.3 Å². The van der Waals surface area contributed by atoms with Crippen LogP contribution in [-0.2, 0) is 31.1 Å². The van der Waals surface area contributed by atoms with Gasteiger partial charge in [-0.2, -0.15) is 0 Å². The first-order valence-electron chi connectivity index (χ1n) is 10.7. The first-order chi connectivity index (χ1) is 15.5. The molecule has 0 bridgehead atoms. The van der Waals surface area contributed by atoms with Crippen LogP contribution in [0, 0.1) is 17.7 Å². The standard InChI is InChI=1S/C24H24FN3O4/c1-32-11-5-10-28-21(29)19-18(12-14-6-3-2-4-7-14)27-24(20(19)22(28)30)16-13-15(25)8-9-17(16)26-23(24)31/h2-4,6-9,13,18-20,27H,5,10-12H2,1H3,(H,26,31). The number of anilines is 1. The number of fused-ring (bicyclic) bond motifs is 4. The number of benzene rings is 2. The second kappa shape index (κ2) is 7.79. The van der Waals surface area contributed by atoms with E-state index in [1.165, 1.54) is 23.1 Å². The quantitative estimate of drug-likeness (QED) is 0.532. The fourth-order valence-electron chi connectivity index (χ4n) is 5.46. The highest BCUT2D eigenvalue weighted by atomic mass is 19.1. The molecule has 4 atom stereocenters. The van der Waals surface area contributed by atoms with E-state index >= 15 is 0 Å². The van der Waals surface area contributed by atoms with E-state index in [-0.39, 0.29) is 12.5 Å². The summed E-state index contributed by atoms with van der Waals surface area (Å²) in [6.45, 7) is 0.641. The van der Waals surface area contributed by atoms with E-state index in [0.29, 0.717) is 30.7 Å². The number of halogens is 1. The topological polar surface area (TPSA) is 87.7 Å². The molecule has 0 aliphatic carbocycles. The first kappa shape index (κ1) is 20.8. The molecule has 2 fully saturated rings. The van der Waals surface area contributed by atoms with E-state index in [2.05, 4.69) is 10.6 Å². The SMILES string of the molecule is COCCCN1C(=O)C2C(Cc3ccccc3)NC3(C(=O)Nc4ccc(F)cc43)C2C1=O. The van der Waals surface area contributed by atoms with Crippen molar-refractivity contribution in [3.05, 3.63) is 65.5 Å². The number of methoxy groups -OCH3 is 1. The van der Waals surface area contributed by atoms with Gasteiger partial charge in [0.05, 0.1) is 11.8 Å². The maximum atomic E-state index is 14.2. The Bertz CT molecular complexity index is 1090. The number of amides is 3. The van der Waals surface area contributed by atoms with Crippen LogP contribution in [0.15, 0.2) is 48.5 Å². The predicted molar refractivity (Wildman–Crippen MR) is 114 cm³/mol. The lowest BCUT2D eigenvalue weighted by Gasteiger charge is -2.29. The molecule has 3 aliphatic heterocycles. The molecule has 5 rings (SSSR count). The largest absolute Gasteiger partial charge is 0.385 e. The van der Waals surface area contributed by atoms with Crippen molar-refractivity contribution in [2.45, 2.75) is 24.4 Å². The fraction of sp³-hybridized carbons (Fsp3) is 0.375. The van der Waals surface area contributed by atoms with Gasteiger partial charge in [-0.1, -0.05) is 30.3 Å². The van der Waals surface area contributed by atoms with Crippen LogP contribution in [0.3, 0.4) is 0 Å². The fourth-order valence-corrected chi connectivity index (χ4v) is 5.46. The van der Waals surface area contributed by atoms with Crippen molar-refractivity contribution in [2.24, 2.45) is 11.8 Å². The molecule has 8 heteroatoms. The number of nitrogens with one attached hydrogen (secondary N) is 2. The summed E-state index contributed by atoms with van der Waals surface area (Å²) in [4.78, 5) is 41.6. The van der Waals surface area contributed by atoms with Gasteiger partial charge in [0.2, 0.25) is 17.7 Å². The van der Waals surface area contributed by atoms with Crippen molar-refractivity contribution in [1.29, 1.82) is 0 Å². The lowest BCUT2D eigenvalue weighted by Crippen LogP contribution is -2.53. The summed E-state index contributed by atoms with van der Waals surface area (Å²) in [7, 11) is 1.56. The molecule has 2 aromatic carbocycles. The number of carbonyl (C=O) groups excluding carboxylic acids is 3. The van der Waals surface area contributed by atoms with Crippen molar-refractivity contribution in [3.63, 3.8) is 0 Å². The van der Waals surface area contributed by atoms with Crippen LogP contribution in [0.25, 0.3) is 0 Å². The molecule has 0 aromatic heterocycles. The Morgan fingerprint density at radius 3 is 2.62 bits per heavy atom. The third-order valence-electron chi connectivity index (χ3n) is 6.80. The summed E-state index contributed by atoms with van der Waals surface area (Å²) in [6.07, 6.45) is 0.973. The predicted octanol–water partition coefficient (Wildman–Crippen LogP) is 1.83. The zero-order valence-electron chi connectivity index (χ0n) is 17.6. The maximum Gasteiger partial charge on any atom is 0.250 e. The Morgan fingerprint density at radius 1 is 1.09 bits per heavy atom. The summed E-state index contributed by atoms with van der Waals surface area (Å²) in [6, 6.07) is 13.2. The minimum atomic E-state index is -1.48. The van der Waals surface area contributed by atoms with Gasteiger partial charge in [-0.25, -0.2) is 4.39 Å². The Kier molecular flexibility index (Phi) is 5.06. The number of hydrogen-bond acceptors (Lipinski definition) is 5. The average molecular weight is 437 g/mol. The zero-order chi connectivity index (χ0) is 22.5. The van der Waals surface area contributed by atoms with Gasteiger partial charge in [0.25, 0.3) is 0 Å². The Hall–Kier alpha value is -3.10. The van der Waals surface area contributed by atoms with Gasteiger partial charge in [0.15, 0.2) is 0 Å². The highest BCUT2D eigenvalue weighted by Gasteiger charge is 2.70. The number of rotatable bonds is 6. The van der Waals surface area contributed by atoms with Gasteiger partial charge < -0.3 is 10.1 Å². The van der Waals surface area contributed by atoms with Gasteiger partial charge in [-0.3, -0.25) is 24.6 Å². The van der Waals surface area contributed by atoms with Crippen molar-refractivity contribution in [1.82, 2.24) is 10.2 Å². The molecule has 2 N–H and O–H groups in total. The van der Waals surface area contributed by atoms with Crippen LogP contribution in [0.2, 0.25) is 0 Å². The monoisotopic (exact) mass is 437 g/mol. The van der Waals surface area contributed by atoms with Crippen molar-refractivity contribution in [2.75, 3.05) is 25.6 Å². The van der Waals surface area contributed by atoms with Gasteiger partial charge in [0.1, 0.15) is 11.4 Å². The Morgan fingerprint density at radius 2 is 1.88 bits per heavy atom. The molecule has 1 spiro atoms. The van der Waals surface area contributed by atoms with Gasteiger partial charge >= 0.3 is 0 Å². The second-order valence-corrected chi connectivity index (χ2v) is 8.57. The number of carbonyl (C=O) groups is 3. The minimum Gasteiger partial charge on any atom is -0.385 e. The van der Waals surface area contributed by atoms with E-state index in [0.717, 1.165) is 5.56 Å². The van der Waals surface area contributed by atoms with Crippen molar-refractivity contribution in [3.8, 4) is 0 Å². The van der Waals surface area contributed by atoms with Crippen molar-refractivity contribution < 1.29 is 23.5 Å². The number of nitrogens with zero attached hydrogens (tertiary/aromatic N) is 1. The minimum absolute atomic E-state index is 0.226. The van der Waals surface area contributed by atoms with Gasteiger partial charge in [0, 0.05) is 37.6 Å². The number of ether oxygens (including phenoxy) is 1. The van der Waals surface area contributed by atoms with Gasteiger partial charge in [-0.05, 0) is 36.6 Å². The van der Waals surface area contributed by atoms with Crippen molar-refractivity contribution >= 4 is 23.4 Å². The molecule has 0 radical (unpaired) electrons. The molecule has 3 aliphatic rings. The van der Waals surface area contributed by atoms with E-state index in [4.69, 9.17) is 4.74 Å². The highest BCUT2D eigenvalue weighted by molar-refractivity contribution is 6.15. The molecular formula is C24H24FN3O4. The molecule has 3 amide bonds. The first-order valence-corrected chi connectivity index (χ1v) is 10.7. The summed E-state index contributed by atoms with van der Waals surface area (Å²) in [5.41, 5.74) is 0.343. The molecule has 3 heterocycles. The average Bonchev–Trinajstić information content (AvgIpc) is 3.35. The molecule has 0 saturated carbocycles. The van der Waals surface area contributed by atoms with Gasteiger partial charge in [-0.15, -0.1) is 0 Å². The number of hydrogen-bond donors (Lipinski definition) is 2. The normalized spacial score (nSPS) is 28.4. The lowest BCUT2D eigenvalue weighted by atomic mass is 9.76. The van der Waals surface area contributed by atoms with Crippen LogP contribution < -0.4 is 10.6 Å². The smallest absolute Gasteiger partial charge is 0.250 e.